The number of nitrogens with one attached hydrogen (secondary N) is 3. The molecule has 0 saturated carbocycles. The second-order valence-electron chi connectivity index (χ2n) is 21.0. The van der Waals surface area contributed by atoms with Crippen LogP contribution in [0.3, 0.4) is 0 Å². The quantitative estimate of drug-likeness (QED) is 0.101. The summed E-state index contributed by atoms with van der Waals surface area (Å²) in [5.41, 5.74) is 1.74. The van der Waals surface area contributed by atoms with Crippen LogP contribution in [0.2, 0.25) is 10.0 Å². The van der Waals surface area contributed by atoms with E-state index in [0.717, 1.165) is 36.0 Å². The average Bonchev–Trinajstić information content (AvgIpc) is 3.66. The largest absolute Gasteiger partial charge is 0.444 e. The van der Waals surface area contributed by atoms with Crippen LogP contribution in [-0.4, -0.2) is 139 Å². The molecular weight excluding hydrogens is 1030 g/mol. The van der Waals surface area contributed by atoms with E-state index in [2.05, 4.69) is 30.5 Å². The molecule has 0 spiro atoms. The monoisotopic (exact) mass is 1090 g/mol. The number of carbonyl (C=O) groups excluding carboxylic acids is 7. The minimum Gasteiger partial charge on any atom is -0.444 e. The van der Waals surface area contributed by atoms with Gasteiger partial charge in [-0.2, -0.15) is 0 Å². The first-order valence-electron chi connectivity index (χ1n) is 24.9. The lowest BCUT2D eigenvalue weighted by atomic mass is 10.0. The zero-order chi connectivity index (χ0) is 56.3. The first-order chi connectivity index (χ1) is 36.2. The zero-order valence-electron chi connectivity index (χ0n) is 44.5. The molecule has 4 saturated heterocycles. The van der Waals surface area contributed by atoms with Gasteiger partial charge in [0.25, 0.3) is 11.8 Å². The summed E-state index contributed by atoms with van der Waals surface area (Å²) in [4.78, 5) is 109. The van der Waals surface area contributed by atoms with Gasteiger partial charge in [-0.3, -0.25) is 38.8 Å². The number of hydrogen-bond acceptors (Lipinski definition) is 11. The SMILES string of the molecule is [C-]#[N+]c1ccc(N2C(=O)N(c3ccc(NC(=O)CN4CCN(C(=O)OC(C)(C)C)CC4)c(Cl)c3)C(C)(C)C2=O)cc1C.[C-]#[N+]c1ccc(N2C(=O)N(c3ccc(NC(=O)CN4CCNCC4)c(Cl)c3)C(C)(C)C2=O)cc1C. The standard InChI is InChI=1S/C30H35ClN6O5.C25H27ClN6O3/c1-19-16-20(8-10-23(19)32-7)36-26(39)30(5,6)37(27(36)40)21-9-11-24(22(31)17-21)33-25(38)18-34-12-14-35(15-13-34)28(41)42-29(2,3)4;1-16-13-17(5-7-20(16)27-4)31-23(34)25(2,3)32(24(31)35)18-6-8-21(19(26)14-18)29-22(33)15-30-11-9-28-10-12-30/h8-11,16-17H,12-15,18H2,1-6H3,(H,33,38);5-8,13-14,28H,9-12,15H2,1-3H3,(H,29,33). The van der Waals surface area contributed by atoms with Crippen molar-refractivity contribution >= 4 is 110 Å². The molecule has 4 fully saturated rings. The molecule has 9 amide bonds. The highest BCUT2D eigenvalue weighted by Crippen LogP contribution is 2.41. The van der Waals surface area contributed by atoms with Crippen molar-refractivity contribution in [3.05, 3.63) is 117 Å². The fraction of sp³-hybridized carbons (Fsp3) is 0.400. The van der Waals surface area contributed by atoms with Crippen LogP contribution in [0.15, 0.2) is 72.8 Å². The molecule has 0 aromatic heterocycles. The number of aryl methyl sites for hydroxylation is 2. The van der Waals surface area contributed by atoms with Gasteiger partial charge in [0.15, 0.2) is 11.4 Å². The Kier molecular flexibility index (Phi) is 17.0. The first kappa shape index (κ1) is 57.1. The van der Waals surface area contributed by atoms with Crippen molar-refractivity contribution < 1.29 is 38.3 Å². The fourth-order valence-corrected chi connectivity index (χ4v) is 9.72. The van der Waals surface area contributed by atoms with Crippen molar-refractivity contribution in [2.75, 3.05) is 95.7 Å². The van der Waals surface area contributed by atoms with Gasteiger partial charge in [-0.25, -0.2) is 33.9 Å². The summed E-state index contributed by atoms with van der Waals surface area (Å²) >= 11 is 13.0. The lowest BCUT2D eigenvalue weighted by Gasteiger charge is -2.35. The summed E-state index contributed by atoms with van der Waals surface area (Å²) < 4.78 is 5.42. The van der Waals surface area contributed by atoms with Crippen LogP contribution in [0, 0.1) is 27.0 Å². The van der Waals surface area contributed by atoms with Crippen molar-refractivity contribution in [3.8, 4) is 0 Å². The summed E-state index contributed by atoms with van der Waals surface area (Å²) in [6.07, 6.45) is -0.365. The first-order valence-corrected chi connectivity index (χ1v) is 25.7. The topological polar surface area (TPSA) is 196 Å². The van der Waals surface area contributed by atoms with Crippen molar-refractivity contribution in [2.45, 2.75) is 79.0 Å². The Bertz CT molecular complexity index is 3110. The Hall–Kier alpha value is -7.59. The number of rotatable bonds is 10. The smallest absolute Gasteiger partial charge is 0.410 e. The molecule has 4 aliphatic heterocycles. The number of piperazine rings is 2. The van der Waals surface area contributed by atoms with E-state index >= 15 is 0 Å². The van der Waals surface area contributed by atoms with Crippen LogP contribution >= 0.6 is 23.2 Å². The molecular formula is C55H62Cl2N12O8. The zero-order valence-corrected chi connectivity index (χ0v) is 46.1. The van der Waals surface area contributed by atoms with Crippen LogP contribution in [-0.2, 0) is 23.9 Å². The van der Waals surface area contributed by atoms with Gasteiger partial charge in [-0.05, 0) is 134 Å². The van der Waals surface area contributed by atoms with Crippen LogP contribution < -0.4 is 35.6 Å². The van der Waals surface area contributed by atoms with Gasteiger partial charge < -0.3 is 25.6 Å². The van der Waals surface area contributed by atoms with Gasteiger partial charge in [0.1, 0.15) is 16.7 Å². The normalized spacial score (nSPS) is 17.6. The second kappa shape index (κ2) is 22.9. The van der Waals surface area contributed by atoms with E-state index in [4.69, 9.17) is 41.1 Å². The number of hydrogen-bond donors (Lipinski definition) is 3. The lowest BCUT2D eigenvalue weighted by Crippen LogP contribution is -2.51. The maximum absolute atomic E-state index is 13.5. The number of halogens is 2. The van der Waals surface area contributed by atoms with E-state index in [1.165, 1.54) is 9.80 Å². The van der Waals surface area contributed by atoms with Gasteiger partial charge in [-0.15, -0.1) is 0 Å². The average molecular weight is 1090 g/mol. The molecule has 4 aromatic rings. The van der Waals surface area contributed by atoms with E-state index in [0.29, 0.717) is 82.8 Å². The molecule has 8 rings (SSSR count). The fourth-order valence-electron chi connectivity index (χ4n) is 9.28. The minimum atomic E-state index is -1.21. The van der Waals surface area contributed by atoms with Gasteiger partial charge in [0, 0.05) is 63.7 Å². The Morgan fingerprint density at radius 2 is 1.00 bits per heavy atom. The third-order valence-electron chi connectivity index (χ3n) is 13.4. The Morgan fingerprint density at radius 1 is 0.610 bits per heavy atom. The van der Waals surface area contributed by atoms with Crippen LogP contribution in [0.1, 0.15) is 59.6 Å². The molecule has 0 atom stereocenters. The number of imide groups is 2. The molecule has 4 heterocycles. The van der Waals surface area contributed by atoms with Crippen LogP contribution in [0.4, 0.5) is 59.9 Å². The Labute approximate surface area is 458 Å². The van der Waals surface area contributed by atoms with E-state index in [9.17, 15) is 33.6 Å². The number of ether oxygens (including phenoxy) is 1. The highest BCUT2D eigenvalue weighted by atomic mass is 35.5. The molecule has 0 aliphatic carbocycles. The molecule has 20 nitrogen and oxygen atoms in total. The lowest BCUT2D eigenvalue weighted by molar-refractivity contribution is -0.121. The maximum atomic E-state index is 13.5. The molecule has 0 bridgehead atoms. The number of anilines is 6. The number of nitrogens with zero attached hydrogens (tertiary/aromatic N) is 9. The highest BCUT2D eigenvalue weighted by Gasteiger charge is 2.54. The summed E-state index contributed by atoms with van der Waals surface area (Å²) in [7, 11) is 0. The minimum absolute atomic E-state index is 0.118. The van der Waals surface area contributed by atoms with E-state index in [1.54, 1.807) is 119 Å². The number of urea groups is 2. The predicted molar refractivity (Wildman–Crippen MR) is 297 cm³/mol. The van der Waals surface area contributed by atoms with Gasteiger partial charge in [-0.1, -0.05) is 35.3 Å². The molecule has 4 aromatic carbocycles. The van der Waals surface area contributed by atoms with Crippen molar-refractivity contribution in [2.24, 2.45) is 0 Å². The summed E-state index contributed by atoms with van der Waals surface area (Å²) in [6.45, 7) is 35.7. The molecule has 0 unspecified atom stereocenters. The summed E-state index contributed by atoms with van der Waals surface area (Å²) in [5.74, 6) is -1.24. The van der Waals surface area contributed by atoms with E-state index in [1.807, 2.05) is 25.7 Å². The van der Waals surface area contributed by atoms with Crippen LogP contribution in [0.5, 0.6) is 0 Å². The Morgan fingerprint density at radius 3 is 1.36 bits per heavy atom. The summed E-state index contributed by atoms with van der Waals surface area (Å²) in [5, 5.41) is 9.37. The number of amides is 9. The van der Waals surface area contributed by atoms with E-state index in [-0.39, 0.29) is 46.9 Å². The molecule has 3 N–H and O–H groups in total. The number of carbonyl (C=O) groups is 7. The molecule has 77 heavy (non-hydrogen) atoms. The van der Waals surface area contributed by atoms with E-state index < -0.39 is 34.6 Å². The molecule has 4 aliphatic rings. The third-order valence-corrected chi connectivity index (χ3v) is 14.0. The maximum Gasteiger partial charge on any atom is 0.410 e. The summed E-state index contributed by atoms with van der Waals surface area (Å²) in [6, 6.07) is 18.3. The van der Waals surface area contributed by atoms with Gasteiger partial charge >= 0.3 is 18.2 Å². The van der Waals surface area contributed by atoms with Gasteiger partial charge in [0.05, 0.1) is 59.0 Å². The van der Waals surface area contributed by atoms with Crippen molar-refractivity contribution in [3.63, 3.8) is 0 Å². The highest BCUT2D eigenvalue weighted by molar-refractivity contribution is 6.36. The van der Waals surface area contributed by atoms with Crippen LogP contribution in [0.25, 0.3) is 9.69 Å². The molecule has 22 heteroatoms. The number of benzene rings is 4. The molecule has 404 valence electrons. The Balaban J connectivity index is 0.000000227. The second-order valence-corrected chi connectivity index (χ2v) is 21.8. The predicted octanol–water partition coefficient (Wildman–Crippen LogP) is 9.24. The van der Waals surface area contributed by atoms with Gasteiger partial charge in [0.2, 0.25) is 11.8 Å². The van der Waals surface area contributed by atoms with Crippen molar-refractivity contribution in [1.82, 2.24) is 20.0 Å². The third kappa shape index (κ3) is 12.5. The van der Waals surface area contributed by atoms with Crippen molar-refractivity contribution in [1.29, 1.82) is 0 Å². The molecule has 0 radical (unpaired) electrons.